The van der Waals surface area contributed by atoms with Crippen LogP contribution in [-0.4, -0.2) is 48.7 Å². The number of aliphatic hydroxyl groups is 1. The summed E-state index contributed by atoms with van der Waals surface area (Å²) in [6, 6.07) is 7.61. The SMILES string of the molecule is CC(O)CN(C)CC(=O)NCCc1cccc(Cl)c1. The first-order valence-electron chi connectivity index (χ1n) is 6.35. The third-order valence-corrected chi connectivity index (χ3v) is 2.85. The summed E-state index contributed by atoms with van der Waals surface area (Å²) in [6.07, 6.45) is 0.330. The number of aliphatic hydroxyl groups excluding tert-OH is 1. The van der Waals surface area contributed by atoms with Gasteiger partial charge in [0.05, 0.1) is 12.6 Å². The lowest BCUT2D eigenvalue weighted by Gasteiger charge is -2.17. The standard InChI is InChI=1S/C14H21ClN2O2/c1-11(18)9-17(2)10-14(19)16-7-6-12-4-3-5-13(15)8-12/h3-5,8,11,18H,6-7,9-10H2,1-2H3,(H,16,19). The first-order valence-corrected chi connectivity index (χ1v) is 6.73. The molecule has 5 heteroatoms. The summed E-state index contributed by atoms with van der Waals surface area (Å²) in [6.45, 7) is 3.07. The molecule has 0 aliphatic carbocycles. The maximum absolute atomic E-state index is 11.6. The zero-order valence-electron chi connectivity index (χ0n) is 11.4. The Morgan fingerprint density at radius 1 is 1.53 bits per heavy atom. The molecule has 0 spiro atoms. The molecule has 19 heavy (non-hydrogen) atoms. The van der Waals surface area contributed by atoms with E-state index in [4.69, 9.17) is 11.6 Å². The van der Waals surface area contributed by atoms with Gasteiger partial charge in [-0.2, -0.15) is 0 Å². The Morgan fingerprint density at radius 3 is 2.89 bits per heavy atom. The first kappa shape index (κ1) is 16.0. The molecule has 2 N–H and O–H groups in total. The minimum Gasteiger partial charge on any atom is -0.392 e. The molecule has 0 saturated heterocycles. The number of likely N-dealkylation sites (N-methyl/N-ethyl adjacent to an activating group) is 1. The summed E-state index contributed by atoms with van der Waals surface area (Å²) in [5.41, 5.74) is 1.10. The molecule has 0 heterocycles. The summed E-state index contributed by atoms with van der Waals surface area (Å²) in [7, 11) is 1.81. The molecule has 1 amide bonds. The van der Waals surface area contributed by atoms with Gasteiger partial charge < -0.3 is 10.4 Å². The van der Waals surface area contributed by atoms with Crippen LogP contribution < -0.4 is 5.32 Å². The minimum absolute atomic E-state index is 0.0369. The Bertz CT molecular complexity index is 410. The second-order valence-corrected chi connectivity index (χ2v) is 5.21. The van der Waals surface area contributed by atoms with Crippen molar-refractivity contribution in [1.29, 1.82) is 0 Å². The number of nitrogens with one attached hydrogen (secondary N) is 1. The number of carbonyl (C=O) groups is 1. The van der Waals surface area contributed by atoms with Crippen LogP contribution in [0.15, 0.2) is 24.3 Å². The van der Waals surface area contributed by atoms with Crippen molar-refractivity contribution in [3.8, 4) is 0 Å². The van der Waals surface area contributed by atoms with Gasteiger partial charge in [0.1, 0.15) is 0 Å². The number of nitrogens with zero attached hydrogens (tertiary/aromatic N) is 1. The van der Waals surface area contributed by atoms with Crippen LogP contribution in [0.1, 0.15) is 12.5 Å². The fraction of sp³-hybridized carbons (Fsp3) is 0.500. The molecule has 1 aromatic carbocycles. The number of halogens is 1. The third-order valence-electron chi connectivity index (χ3n) is 2.61. The molecule has 1 rings (SSSR count). The topological polar surface area (TPSA) is 52.6 Å². The van der Waals surface area contributed by atoms with Crippen LogP contribution >= 0.6 is 11.6 Å². The molecule has 0 aliphatic rings. The monoisotopic (exact) mass is 284 g/mol. The van der Waals surface area contributed by atoms with Gasteiger partial charge in [-0.05, 0) is 38.1 Å². The van der Waals surface area contributed by atoms with Crippen molar-refractivity contribution in [2.45, 2.75) is 19.4 Å². The van der Waals surface area contributed by atoms with Crippen molar-refractivity contribution in [1.82, 2.24) is 10.2 Å². The molecular formula is C14H21ClN2O2. The van der Waals surface area contributed by atoms with Crippen molar-refractivity contribution >= 4 is 17.5 Å². The van der Waals surface area contributed by atoms with Crippen LogP contribution in [0.4, 0.5) is 0 Å². The second-order valence-electron chi connectivity index (χ2n) is 4.78. The maximum atomic E-state index is 11.6. The molecule has 1 aromatic rings. The van der Waals surface area contributed by atoms with Gasteiger partial charge in [-0.15, -0.1) is 0 Å². The van der Waals surface area contributed by atoms with Crippen LogP contribution in [0.25, 0.3) is 0 Å². The van der Waals surface area contributed by atoms with Crippen LogP contribution in [0, 0.1) is 0 Å². The van der Waals surface area contributed by atoms with E-state index >= 15 is 0 Å². The molecule has 106 valence electrons. The highest BCUT2D eigenvalue weighted by Gasteiger charge is 2.08. The average Bonchev–Trinajstić information content (AvgIpc) is 2.27. The van der Waals surface area contributed by atoms with E-state index in [9.17, 15) is 9.90 Å². The number of amides is 1. The zero-order valence-corrected chi connectivity index (χ0v) is 12.2. The molecule has 0 fully saturated rings. The molecule has 0 aromatic heterocycles. The summed E-state index contributed by atoms with van der Waals surface area (Å²) < 4.78 is 0. The smallest absolute Gasteiger partial charge is 0.234 e. The molecular weight excluding hydrogens is 264 g/mol. The maximum Gasteiger partial charge on any atom is 0.234 e. The number of carbonyl (C=O) groups excluding carboxylic acids is 1. The van der Waals surface area contributed by atoms with E-state index < -0.39 is 6.10 Å². The van der Waals surface area contributed by atoms with E-state index in [1.54, 1.807) is 11.8 Å². The Morgan fingerprint density at radius 2 is 2.26 bits per heavy atom. The largest absolute Gasteiger partial charge is 0.392 e. The van der Waals surface area contributed by atoms with Gasteiger partial charge >= 0.3 is 0 Å². The van der Waals surface area contributed by atoms with E-state index in [1.165, 1.54) is 0 Å². The Hall–Kier alpha value is -1.10. The zero-order chi connectivity index (χ0) is 14.3. The van der Waals surface area contributed by atoms with Gasteiger partial charge in [0.15, 0.2) is 0 Å². The second kappa shape index (κ2) is 8.15. The fourth-order valence-electron chi connectivity index (χ4n) is 1.86. The van der Waals surface area contributed by atoms with Crippen molar-refractivity contribution in [3.63, 3.8) is 0 Å². The predicted octanol–water partition coefficient (Wildman–Crippen LogP) is 1.31. The molecule has 0 radical (unpaired) electrons. The fourth-order valence-corrected chi connectivity index (χ4v) is 2.07. The third kappa shape index (κ3) is 7.15. The van der Waals surface area contributed by atoms with Crippen LogP contribution in [0.3, 0.4) is 0 Å². The van der Waals surface area contributed by atoms with Gasteiger partial charge in [-0.1, -0.05) is 23.7 Å². The van der Waals surface area contributed by atoms with E-state index in [0.717, 1.165) is 12.0 Å². The molecule has 0 aliphatic heterocycles. The summed E-state index contributed by atoms with van der Waals surface area (Å²) in [4.78, 5) is 13.4. The Labute approximate surface area is 119 Å². The number of benzene rings is 1. The summed E-state index contributed by atoms with van der Waals surface area (Å²) >= 11 is 5.89. The van der Waals surface area contributed by atoms with E-state index in [2.05, 4.69) is 5.32 Å². The number of rotatable bonds is 7. The highest BCUT2D eigenvalue weighted by molar-refractivity contribution is 6.30. The van der Waals surface area contributed by atoms with Gasteiger partial charge in [0.2, 0.25) is 5.91 Å². The van der Waals surface area contributed by atoms with Gasteiger partial charge in [-0.3, -0.25) is 9.69 Å². The minimum atomic E-state index is -0.427. The van der Waals surface area contributed by atoms with Gasteiger partial charge in [0.25, 0.3) is 0 Å². The van der Waals surface area contributed by atoms with E-state index in [-0.39, 0.29) is 5.91 Å². The van der Waals surface area contributed by atoms with Crippen LogP contribution in [-0.2, 0) is 11.2 Å². The average molecular weight is 285 g/mol. The van der Waals surface area contributed by atoms with E-state index in [1.807, 2.05) is 31.3 Å². The highest BCUT2D eigenvalue weighted by Crippen LogP contribution is 2.10. The molecule has 1 atom stereocenters. The molecule has 4 nitrogen and oxygen atoms in total. The normalized spacial score (nSPS) is 12.5. The molecule has 0 saturated carbocycles. The van der Waals surface area contributed by atoms with Crippen molar-refractivity contribution in [3.05, 3.63) is 34.9 Å². The first-order chi connectivity index (χ1) is 8.97. The van der Waals surface area contributed by atoms with Gasteiger partial charge in [-0.25, -0.2) is 0 Å². The number of hydrogen-bond donors (Lipinski definition) is 2. The van der Waals surface area contributed by atoms with Crippen molar-refractivity contribution in [2.75, 3.05) is 26.7 Å². The van der Waals surface area contributed by atoms with Crippen LogP contribution in [0.2, 0.25) is 5.02 Å². The predicted molar refractivity (Wildman–Crippen MR) is 77.3 cm³/mol. The van der Waals surface area contributed by atoms with Gasteiger partial charge in [0, 0.05) is 18.1 Å². The van der Waals surface area contributed by atoms with Crippen LogP contribution in [0.5, 0.6) is 0 Å². The molecule has 0 bridgehead atoms. The quantitative estimate of drug-likeness (QED) is 0.794. The number of hydrogen-bond acceptors (Lipinski definition) is 3. The Balaban J connectivity index is 2.23. The summed E-state index contributed by atoms with van der Waals surface area (Å²) in [5, 5.41) is 12.8. The van der Waals surface area contributed by atoms with Crippen molar-refractivity contribution in [2.24, 2.45) is 0 Å². The Kier molecular flexibility index (Phi) is 6.84. The molecule has 1 unspecified atom stereocenters. The lowest BCUT2D eigenvalue weighted by Crippen LogP contribution is -2.38. The van der Waals surface area contributed by atoms with E-state index in [0.29, 0.717) is 24.7 Å². The lowest BCUT2D eigenvalue weighted by atomic mass is 10.1. The summed E-state index contributed by atoms with van der Waals surface area (Å²) in [5.74, 6) is -0.0369. The highest BCUT2D eigenvalue weighted by atomic mass is 35.5. The van der Waals surface area contributed by atoms with Crippen molar-refractivity contribution < 1.29 is 9.90 Å². The lowest BCUT2D eigenvalue weighted by molar-refractivity contribution is -0.122.